The zero-order valence-corrected chi connectivity index (χ0v) is 66.1. The first kappa shape index (κ1) is 68.1. The van der Waals surface area contributed by atoms with Crippen LogP contribution in [0.4, 0.5) is 34.1 Å². The van der Waals surface area contributed by atoms with Crippen LogP contribution in [0.5, 0.6) is 0 Å². The first-order valence-electron chi connectivity index (χ1n) is 43.1. The second-order valence-corrected chi connectivity index (χ2v) is 36.3. The van der Waals surface area contributed by atoms with Gasteiger partial charge in [0.1, 0.15) is 0 Å². The Labute approximate surface area is 682 Å². The molecule has 11 aliphatic rings. The van der Waals surface area contributed by atoms with Gasteiger partial charge in [0.05, 0.1) is 11.0 Å². The number of para-hydroxylation sites is 2. The molecule has 3 nitrogen and oxygen atoms in total. The van der Waals surface area contributed by atoms with E-state index >= 15 is 0 Å². The fraction of sp³-hybridized carbons (Fsp3) is 0.204. The predicted octanol–water partition coefficient (Wildman–Crippen LogP) is 29.8. The predicted molar refractivity (Wildman–Crippen MR) is 482 cm³/mol. The first-order chi connectivity index (χ1) is 57.2. The van der Waals surface area contributed by atoms with E-state index in [1.54, 1.807) is 22.3 Å². The summed E-state index contributed by atoms with van der Waals surface area (Å²) in [6.45, 7) is 4.75. The third-order valence-electron chi connectivity index (χ3n) is 30.2. The Morgan fingerprint density at radius 1 is 0.224 bits per heavy atom. The van der Waals surface area contributed by atoms with Gasteiger partial charge in [-0.3, -0.25) is 0 Å². The maximum Gasteiger partial charge on any atom is 0.0541 e. The molecule has 16 aromatic rings. The summed E-state index contributed by atoms with van der Waals surface area (Å²) in [5.41, 5.74) is 38.6. The number of rotatable bonds is 11. The van der Waals surface area contributed by atoms with Gasteiger partial charge in [-0.2, -0.15) is 0 Å². The van der Waals surface area contributed by atoms with Gasteiger partial charge in [-0.05, 0) is 332 Å². The molecular formula is C113H93N3. The Morgan fingerprint density at radius 3 is 1.00 bits per heavy atom. The number of benzene rings is 15. The van der Waals surface area contributed by atoms with E-state index in [-0.39, 0.29) is 16.2 Å². The number of anilines is 6. The number of fused-ring (bicyclic) bond motifs is 12. The van der Waals surface area contributed by atoms with E-state index in [1.807, 2.05) is 0 Å². The average molecular weight is 1490 g/mol. The zero-order valence-electron chi connectivity index (χ0n) is 66.1. The molecule has 0 aliphatic heterocycles. The fourth-order valence-corrected chi connectivity index (χ4v) is 25.9. The molecule has 0 radical (unpaired) electrons. The normalized spacial score (nSPS) is 23.1. The lowest BCUT2D eigenvalue weighted by atomic mass is 9.43. The maximum atomic E-state index is 2.56. The van der Waals surface area contributed by atoms with Crippen LogP contribution in [0.2, 0.25) is 0 Å². The minimum Gasteiger partial charge on any atom is -0.310 e. The van der Waals surface area contributed by atoms with E-state index in [2.05, 4.69) is 386 Å². The van der Waals surface area contributed by atoms with Crippen molar-refractivity contribution in [3.05, 3.63) is 391 Å². The van der Waals surface area contributed by atoms with Crippen LogP contribution in [0.1, 0.15) is 111 Å². The van der Waals surface area contributed by atoms with Gasteiger partial charge in [0.2, 0.25) is 0 Å². The molecule has 2 spiro atoms. The van der Waals surface area contributed by atoms with Gasteiger partial charge in [0.15, 0.2) is 0 Å². The van der Waals surface area contributed by atoms with Gasteiger partial charge < -0.3 is 14.4 Å². The second-order valence-electron chi connectivity index (χ2n) is 36.3. The molecule has 8 fully saturated rings. The van der Waals surface area contributed by atoms with E-state index < -0.39 is 0 Å². The first-order valence-corrected chi connectivity index (χ1v) is 43.1. The monoisotopic (exact) mass is 1490 g/mol. The van der Waals surface area contributed by atoms with Gasteiger partial charge >= 0.3 is 0 Å². The van der Waals surface area contributed by atoms with Gasteiger partial charge in [-0.25, -0.2) is 0 Å². The molecule has 0 saturated heterocycles. The summed E-state index contributed by atoms with van der Waals surface area (Å²) in [5.74, 6) is 6.89. The molecule has 0 amide bonds. The van der Waals surface area contributed by atoms with E-state index in [0.717, 1.165) is 75.8 Å². The molecule has 3 heteroatoms. The van der Waals surface area contributed by atoms with Crippen molar-refractivity contribution in [2.75, 3.05) is 9.80 Å². The highest BCUT2D eigenvalue weighted by Gasteiger charge is 2.63. The summed E-state index contributed by atoms with van der Waals surface area (Å²) in [6.07, 6.45) is 14.3. The van der Waals surface area contributed by atoms with Crippen LogP contribution >= 0.6 is 0 Å². The van der Waals surface area contributed by atoms with Crippen molar-refractivity contribution < 1.29 is 0 Å². The van der Waals surface area contributed by atoms with Gasteiger partial charge in [-0.15, -0.1) is 0 Å². The van der Waals surface area contributed by atoms with Crippen molar-refractivity contribution in [2.24, 2.45) is 47.3 Å². The van der Waals surface area contributed by atoms with Crippen LogP contribution in [-0.2, 0) is 16.2 Å². The number of hydrogen-bond donors (Lipinski definition) is 0. The van der Waals surface area contributed by atoms with Gasteiger partial charge in [-0.1, -0.05) is 263 Å². The lowest BCUT2D eigenvalue weighted by molar-refractivity contribution is -0.0399. The van der Waals surface area contributed by atoms with Crippen molar-refractivity contribution in [1.82, 2.24) is 4.57 Å². The standard InChI is InChI=1S/C58H46N2.C55H47N/c1-2-11-40(12-3-1)41-21-24-46(25-22-41)59(47-26-28-48(29-27-47)60-56-19-8-5-16-51(56)52-17-6-9-20-57(52)60)49-14-10-13-42(36-49)43-23-30-55-53(37-43)50-15-4-7-18-54(50)58(55)44-32-38-31-39(34-44)35-45(58)33-38;1-54(2)50-17-8-6-15-46(50)48-25-24-45(34-53(48)54)56(43-22-19-38(20-23-43)37-11-4-3-5-12-37)44-14-10-13-39(32-44)40-21-26-52-49(33-40)47-16-7-9-18-51(47)55(52)41-28-35-27-36(30-41)31-42(55)29-35/h1-30,36-39,44-45H,31-35H2;3-26,32-36,41-42H,27-31H2,1-2H3. The van der Waals surface area contributed by atoms with Crippen molar-refractivity contribution in [3.8, 4) is 83.6 Å². The van der Waals surface area contributed by atoms with Crippen molar-refractivity contribution in [3.63, 3.8) is 0 Å². The minimum absolute atomic E-state index is 0.0814. The summed E-state index contributed by atoms with van der Waals surface area (Å²) < 4.78 is 2.40. The lowest BCUT2D eigenvalue weighted by Gasteiger charge is -2.61. The largest absolute Gasteiger partial charge is 0.310 e. The van der Waals surface area contributed by atoms with Gasteiger partial charge in [0.25, 0.3) is 0 Å². The van der Waals surface area contributed by atoms with E-state index in [0.29, 0.717) is 0 Å². The van der Waals surface area contributed by atoms with Crippen LogP contribution in [-0.4, -0.2) is 4.57 Å². The Kier molecular flexibility index (Phi) is 15.5. The van der Waals surface area contributed by atoms with Crippen LogP contribution in [0.3, 0.4) is 0 Å². The van der Waals surface area contributed by atoms with E-state index in [9.17, 15) is 0 Å². The molecule has 27 rings (SSSR count). The summed E-state index contributed by atoms with van der Waals surface area (Å²) >= 11 is 0. The van der Waals surface area contributed by atoms with Crippen molar-refractivity contribution >= 4 is 55.9 Å². The number of nitrogens with zero attached hydrogens (tertiary/aromatic N) is 3. The summed E-state index contributed by atoms with van der Waals surface area (Å²) in [4.78, 5) is 4.88. The van der Waals surface area contributed by atoms with Crippen LogP contribution in [0.25, 0.3) is 105 Å². The van der Waals surface area contributed by atoms with Crippen molar-refractivity contribution in [2.45, 2.75) is 94.3 Å². The van der Waals surface area contributed by atoms with E-state index in [1.165, 1.54) is 186 Å². The number of aromatic nitrogens is 1. The van der Waals surface area contributed by atoms with Crippen molar-refractivity contribution in [1.29, 1.82) is 0 Å². The van der Waals surface area contributed by atoms with Crippen LogP contribution < -0.4 is 9.80 Å². The highest BCUT2D eigenvalue weighted by atomic mass is 15.1. The molecule has 15 aromatic carbocycles. The second kappa shape index (κ2) is 26.4. The molecule has 8 saturated carbocycles. The molecule has 1 aromatic heterocycles. The summed E-state index contributed by atoms with van der Waals surface area (Å²) in [6, 6.07) is 135. The Balaban J connectivity index is 0.000000134. The maximum absolute atomic E-state index is 2.56. The molecule has 0 unspecified atom stereocenters. The topological polar surface area (TPSA) is 11.4 Å². The smallest absolute Gasteiger partial charge is 0.0541 e. The Hall–Kier alpha value is -12.3. The highest BCUT2D eigenvalue weighted by Crippen LogP contribution is 2.72. The van der Waals surface area contributed by atoms with Crippen LogP contribution in [0.15, 0.2) is 358 Å². The molecule has 116 heavy (non-hydrogen) atoms. The Morgan fingerprint density at radius 2 is 0.543 bits per heavy atom. The molecular weight excluding hydrogens is 1400 g/mol. The molecule has 0 atom stereocenters. The fourth-order valence-electron chi connectivity index (χ4n) is 25.9. The number of hydrogen-bond acceptors (Lipinski definition) is 2. The molecule has 560 valence electrons. The van der Waals surface area contributed by atoms with E-state index in [4.69, 9.17) is 0 Å². The van der Waals surface area contributed by atoms with Crippen LogP contribution in [0, 0.1) is 47.3 Å². The summed E-state index contributed by atoms with van der Waals surface area (Å²) in [7, 11) is 0. The molecule has 1 heterocycles. The third kappa shape index (κ3) is 10.3. The summed E-state index contributed by atoms with van der Waals surface area (Å²) in [5, 5.41) is 2.55. The third-order valence-corrected chi connectivity index (χ3v) is 30.2. The zero-order chi connectivity index (χ0) is 76.5. The molecule has 0 N–H and O–H groups in total. The Bertz CT molecular complexity index is 6470. The average Bonchev–Trinajstić information content (AvgIpc) is 1.50. The molecule has 8 bridgehead atoms. The lowest BCUT2D eigenvalue weighted by Crippen LogP contribution is -2.55. The minimum atomic E-state index is -0.0814. The molecule has 11 aliphatic carbocycles. The SMILES string of the molecule is CC1(C)c2ccccc2-c2ccc(N(c3ccc(-c4ccccc4)cc3)c3cccc(-c4ccc5c(c4)-c4ccccc4C54C5CC6CC(C5)CC4C6)c3)cc21.c1ccc(-c2ccc(N(c3ccc(-n4c5ccccc5c5ccccc54)cc3)c3cccc(-c4ccc5c(c4)-c4ccccc4C54C5CC6CC(C5)CC4C6)c3)cc2)cc1. The highest BCUT2D eigenvalue weighted by molar-refractivity contribution is 6.09. The quantitative estimate of drug-likeness (QED) is 0.128. The van der Waals surface area contributed by atoms with Gasteiger partial charge in [0, 0.05) is 66.8 Å².